The number of rotatable bonds is 3. The number of hydrogen-bond donors (Lipinski definition) is 2. The highest BCUT2D eigenvalue weighted by Crippen LogP contribution is 2.29. The fourth-order valence-electron chi connectivity index (χ4n) is 3.62. The first-order chi connectivity index (χ1) is 13.5. The lowest BCUT2D eigenvalue weighted by Crippen LogP contribution is -2.20. The second kappa shape index (κ2) is 7.21. The smallest absolute Gasteiger partial charge is 0.209 e. The van der Waals surface area contributed by atoms with Crippen LogP contribution in [-0.2, 0) is 6.54 Å². The zero-order valence-corrected chi connectivity index (χ0v) is 15.7. The van der Waals surface area contributed by atoms with Crippen LogP contribution in [-0.4, -0.2) is 30.2 Å². The van der Waals surface area contributed by atoms with Crippen LogP contribution in [0.1, 0.15) is 44.9 Å². The summed E-state index contributed by atoms with van der Waals surface area (Å²) >= 11 is 0. The van der Waals surface area contributed by atoms with E-state index in [1.807, 2.05) is 11.5 Å². The first-order valence-corrected chi connectivity index (χ1v) is 9.54. The SMILES string of the molecule is CCCn1c(-c2cccc(F)c2)nc2c(N)nc(C#CC3(O)CCCC3)nc21. The highest BCUT2D eigenvalue weighted by molar-refractivity contribution is 5.85. The minimum Gasteiger partial charge on any atom is -0.382 e. The zero-order chi connectivity index (χ0) is 19.7. The predicted octanol–water partition coefficient (Wildman–Crippen LogP) is 3.28. The van der Waals surface area contributed by atoms with Crippen LogP contribution in [0.5, 0.6) is 0 Å². The Morgan fingerprint density at radius 1 is 1.25 bits per heavy atom. The van der Waals surface area contributed by atoms with Crippen molar-refractivity contribution in [1.29, 1.82) is 0 Å². The molecule has 0 bridgehead atoms. The summed E-state index contributed by atoms with van der Waals surface area (Å²) in [6, 6.07) is 6.28. The Morgan fingerprint density at radius 3 is 2.75 bits per heavy atom. The lowest BCUT2D eigenvalue weighted by Gasteiger charge is -2.12. The maximum atomic E-state index is 13.7. The van der Waals surface area contributed by atoms with E-state index in [0.29, 0.717) is 41.9 Å². The minimum atomic E-state index is -0.969. The molecule has 1 aliphatic rings. The summed E-state index contributed by atoms with van der Waals surface area (Å²) in [5, 5.41) is 10.4. The van der Waals surface area contributed by atoms with Gasteiger partial charge in [-0.1, -0.05) is 25.0 Å². The molecule has 0 radical (unpaired) electrons. The van der Waals surface area contributed by atoms with Crippen LogP contribution in [0, 0.1) is 17.7 Å². The van der Waals surface area contributed by atoms with Crippen molar-refractivity contribution < 1.29 is 9.50 Å². The van der Waals surface area contributed by atoms with Crippen LogP contribution >= 0.6 is 0 Å². The molecule has 2 heterocycles. The second-order valence-electron chi connectivity index (χ2n) is 7.19. The molecular formula is C21H22FN5O. The van der Waals surface area contributed by atoms with Gasteiger partial charge >= 0.3 is 0 Å². The molecule has 0 atom stereocenters. The van der Waals surface area contributed by atoms with Crippen LogP contribution in [0.15, 0.2) is 24.3 Å². The Hall–Kier alpha value is -2.98. The van der Waals surface area contributed by atoms with E-state index in [4.69, 9.17) is 5.73 Å². The van der Waals surface area contributed by atoms with Crippen molar-refractivity contribution in [2.75, 3.05) is 5.73 Å². The van der Waals surface area contributed by atoms with Gasteiger partial charge in [0.25, 0.3) is 0 Å². The van der Waals surface area contributed by atoms with Crippen LogP contribution in [0.2, 0.25) is 0 Å². The van der Waals surface area contributed by atoms with E-state index >= 15 is 0 Å². The maximum absolute atomic E-state index is 13.7. The molecule has 7 heteroatoms. The minimum absolute atomic E-state index is 0.222. The van der Waals surface area contributed by atoms with E-state index in [2.05, 4.69) is 26.8 Å². The number of aromatic nitrogens is 4. The number of halogens is 1. The first kappa shape index (κ1) is 18.4. The molecule has 2 aromatic heterocycles. The highest BCUT2D eigenvalue weighted by atomic mass is 19.1. The number of fused-ring (bicyclic) bond motifs is 1. The number of imidazole rings is 1. The maximum Gasteiger partial charge on any atom is 0.209 e. The summed E-state index contributed by atoms with van der Waals surface area (Å²) in [7, 11) is 0. The lowest BCUT2D eigenvalue weighted by molar-refractivity contribution is 0.110. The van der Waals surface area contributed by atoms with Gasteiger partial charge in [-0.15, -0.1) is 0 Å². The fourth-order valence-corrected chi connectivity index (χ4v) is 3.62. The van der Waals surface area contributed by atoms with Gasteiger partial charge in [-0.3, -0.25) is 0 Å². The van der Waals surface area contributed by atoms with Gasteiger partial charge in [-0.2, -0.15) is 0 Å². The average molecular weight is 379 g/mol. The number of aliphatic hydroxyl groups is 1. The largest absolute Gasteiger partial charge is 0.382 e. The van der Waals surface area contributed by atoms with Gasteiger partial charge in [-0.25, -0.2) is 19.3 Å². The van der Waals surface area contributed by atoms with Crippen molar-refractivity contribution in [2.24, 2.45) is 0 Å². The Morgan fingerprint density at radius 2 is 2.04 bits per heavy atom. The molecule has 0 spiro atoms. The number of anilines is 1. The van der Waals surface area contributed by atoms with E-state index in [1.165, 1.54) is 12.1 Å². The number of hydrogen-bond acceptors (Lipinski definition) is 5. The number of benzene rings is 1. The third-order valence-electron chi connectivity index (χ3n) is 4.99. The van der Waals surface area contributed by atoms with Gasteiger partial charge in [0, 0.05) is 12.1 Å². The molecule has 1 saturated carbocycles. The third kappa shape index (κ3) is 3.43. The van der Waals surface area contributed by atoms with Crippen LogP contribution in [0.4, 0.5) is 10.2 Å². The molecule has 3 N–H and O–H groups in total. The molecule has 0 saturated heterocycles. The normalized spacial score (nSPS) is 15.5. The predicted molar refractivity (Wildman–Crippen MR) is 106 cm³/mol. The van der Waals surface area contributed by atoms with Crippen molar-refractivity contribution in [3.8, 4) is 23.2 Å². The molecule has 28 heavy (non-hydrogen) atoms. The van der Waals surface area contributed by atoms with Gasteiger partial charge in [0.05, 0.1) is 0 Å². The zero-order valence-electron chi connectivity index (χ0n) is 15.7. The standard InChI is InChI=1S/C21H22FN5O/c1-2-12-27-19(14-6-5-7-15(22)13-14)26-17-18(23)24-16(25-20(17)27)8-11-21(28)9-3-4-10-21/h5-7,13,28H,2-4,9-10,12H2,1H3,(H2,23,24,25). The summed E-state index contributed by atoms with van der Waals surface area (Å²) in [5.74, 6) is 6.54. The van der Waals surface area contributed by atoms with Crippen LogP contribution in [0.25, 0.3) is 22.6 Å². The van der Waals surface area contributed by atoms with Gasteiger partial charge in [0.1, 0.15) is 17.2 Å². The average Bonchev–Trinajstić information content (AvgIpc) is 3.26. The molecule has 0 aliphatic heterocycles. The van der Waals surface area contributed by atoms with Crippen molar-refractivity contribution in [1.82, 2.24) is 19.5 Å². The van der Waals surface area contributed by atoms with Crippen molar-refractivity contribution in [3.63, 3.8) is 0 Å². The molecule has 0 amide bonds. The third-order valence-corrected chi connectivity index (χ3v) is 4.99. The van der Waals surface area contributed by atoms with Crippen molar-refractivity contribution in [3.05, 3.63) is 35.9 Å². The van der Waals surface area contributed by atoms with Gasteiger partial charge in [0.2, 0.25) is 5.82 Å². The number of nitrogen functional groups attached to an aromatic ring is 1. The number of aryl methyl sites for hydroxylation is 1. The quantitative estimate of drug-likeness (QED) is 0.682. The molecule has 4 rings (SSSR count). The van der Waals surface area contributed by atoms with Crippen molar-refractivity contribution >= 4 is 17.0 Å². The van der Waals surface area contributed by atoms with E-state index in [-0.39, 0.29) is 17.5 Å². The van der Waals surface area contributed by atoms with Crippen LogP contribution < -0.4 is 5.73 Å². The van der Waals surface area contributed by atoms with Crippen molar-refractivity contribution in [2.45, 2.75) is 51.2 Å². The second-order valence-corrected chi connectivity index (χ2v) is 7.19. The van der Waals surface area contributed by atoms with E-state index in [1.54, 1.807) is 12.1 Å². The van der Waals surface area contributed by atoms with Crippen LogP contribution in [0.3, 0.4) is 0 Å². The Bertz CT molecular complexity index is 1090. The first-order valence-electron chi connectivity index (χ1n) is 9.54. The van der Waals surface area contributed by atoms with Gasteiger partial charge in [-0.05, 0) is 50.2 Å². The molecule has 1 aliphatic carbocycles. The van der Waals surface area contributed by atoms with Gasteiger partial charge < -0.3 is 15.4 Å². The van der Waals surface area contributed by atoms with E-state index in [0.717, 1.165) is 19.3 Å². The highest BCUT2D eigenvalue weighted by Gasteiger charge is 2.28. The molecular weight excluding hydrogens is 357 g/mol. The van der Waals surface area contributed by atoms with Gasteiger partial charge in [0.15, 0.2) is 17.0 Å². The monoisotopic (exact) mass is 379 g/mol. The molecule has 6 nitrogen and oxygen atoms in total. The summed E-state index contributed by atoms with van der Waals surface area (Å²) in [6.45, 7) is 2.69. The molecule has 1 aromatic carbocycles. The fraction of sp³-hybridized carbons (Fsp3) is 0.381. The summed E-state index contributed by atoms with van der Waals surface area (Å²) in [4.78, 5) is 13.4. The Kier molecular flexibility index (Phi) is 4.73. The number of nitrogens with zero attached hydrogens (tertiary/aromatic N) is 4. The molecule has 0 unspecified atom stereocenters. The summed E-state index contributed by atoms with van der Waals surface area (Å²) < 4.78 is 15.6. The number of nitrogens with two attached hydrogens (primary N) is 1. The van der Waals surface area contributed by atoms with E-state index in [9.17, 15) is 9.50 Å². The summed E-state index contributed by atoms with van der Waals surface area (Å²) in [5.41, 5.74) is 6.85. The Labute approximate surface area is 162 Å². The summed E-state index contributed by atoms with van der Waals surface area (Å²) in [6.07, 6.45) is 4.10. The van der Waals surface area contributed by atoms with E-state index < -0.39 is 5.60 Å². The molecule has 3 aromatic rings. The molecule has 1 fully saturated rings. The topological polar surface area (TPSA) is 89.9 Å². The Balaban J connectivity index is 1.84. The molecule has 144 valence electrons. The lowest BCUT2D eigenvalue weighted by atomic mass is 10.0.